The molecule has 0 aromatic heterocycles. The van der Waals surface area contributed by atoms with Gasteiger partial charge in [-0.2, -0.15) is 13.2 Å². The molecule has 0 spiro atoms. The van der Waals surface area contributed by atoms with Crippen molar-refractivity contribution >= 4 is 5.97 Å². The molecule has 0 radical (unpaired) electrons. The van der Waals surface area contributed by atoms with Gasteiger partial charge in [0.05, 0.1) is 17.7 Å². The Kier molecular flexibility index (Phi) is 4.78. The molecule has 20 heavy (non-hydrogen) atoms. The molecule has 0 heterocycles. The fourth-order valence-electron chi connectivity index (χ4n) is 1.39. The van der Waals surface area contributed by atoms with E-state index >= 15 is 0 Å². The molecule has 1 aromatic carbocycles. The minimum absolute atomic E-state index is 0.0258. The summed E-state index contributed by atoms with van der Waals surface area (Å²) in [6, 6.07) is 1.67. The third-order valence-electron chi connectivity index (χ3n) is 2.60. The summed E-state index contributed by atoms with van der Waals surface area (Å²) < 4.78 is 55.7. The third-order valence-corrected chi connectivity index (χ3v) is 2.60. The predicted octanol–water partition coefficient (Wildman–Crippen LogP) is 4.44. The molecule has 1 aromatic rings. The summed E-state index contributed by atoms with van der Waals surface area (Å²) in [5, 5.41) is 0. The lowest BCUT2D eigenvalue weighted by Gasteiger charge is -2.17. The van der Waals surface area contributed by atoms with Crippen molar-refractivity contribution in [3.05, 3.63) is 35.1 Å². The highest BCUT2D eigenvalue weighted by Gasteiger charge is 2.32. The van der Waals surface area contributed by atoms with E-state index in [1.807, 2.05) is 20.8 Å². The van der Waals surface area contributed by atoms with Crippen molar-refractivity contribution in [2.75, 3.05) is 6.61 Å². The van der Waals surface area contributed by atoms with Crippen molar-refractivity contribution in [2.24, 2.45) is 5.41 Å². The van der Waals surface area contributed by atoms with E-state index in [1.165, 1.54) is 0 Å². The van der Waals surface area contributed by atoms with Gasteiger partial charge in [-0.15, -0.1) is 0 Å². The van der Waals surface area contributed by atoms with Gasteiger partial charge in [-0.1, -0.05) is 20.8 Å². The highest BCUT2D eigenvalue weighted by molar-refractivity contribution is 5.90. The lowest BCUT2D eigenvalue weighted by Crippen LogP contribution is -2.15. The van der Waals surface area contributed by atoms with Crippen molar-refractivity contribution in [1.82, 2.24) is 0 Å². The van der Waals surface area contributed by atoms with E-state index in [0.29, 0.717) is 24.6 Å². The molecule has 0 aliphatic rings. The van der Waals surface area contributed by atoms with Crippen LogP contribution in [0.4, 0.5) is 17.6 Å². The number of alkyl halides is 3. The molecule has 0 bridgehead atoms. The Morgan fingerprint density at radius 1 is 1.20 bits per heavy atom. The number of hydrogen-bond acceptors (Lipinski definition) is 2. The van der Waals surface area contributed by atoms with Crippen LogP contribution in [0.15, 0.2) is 18.2 Å². The summed E-state index contributed by atoms with van der Waals surface area (Å²) in [6.07, 6.45) is -4.10. The number of halogens is 4. The lowest BCUT2D eigenvalue weighted by atomic mass is 9.93. The lowest BCUT2D eigenvalue weighted by molar-refractivity contribution is -0.137. The van der Waals surface area contributed by atoms with Gasteiger partial charge in [0.2, 0.25) is 0 Å². The van der Waals surface area contributed by atoms with Gasteiger partial charge in [-0.3, -0.25) is 0 Å². The van der Waals surface area contributed by atoms with Crippen molar-refractivity contribution in [1.29, 1.82) is 0 Å². The second-order valence-electron chi connectivity index (χ2n) is 5.64. The number of benzene rings is 1. The summed E-state index contributed by atoms with van der Waals surface area (Å²) in [6.45, 7) is 5.79. The number of hydrogen-bond donors (Lipinski definition) is 0. The fraction of sp³-hybridized carbons (Fsp3) is 0.500. The molecule has 0 aliphatic carbocycles. The molecule has 2 nitrogen and oxygen atoms in total. The molecule has 0 N–H and O–H groups in total. The Hall–Kier alpha value is -1.59. The zero-order chi connectivity index (χ0) is 15.6. The zero-order valence-electron chi connectivity index (χ0n) is 11.5. The summed E-state index contributed by atoms with van der Waals surface area (Å²) >= 11 is 0. The molecular formula is C14H16F4O2. The molecule has 0 amide bonds. The summed E-state index contributed by atoms with van der Waals surface area (Å²) in [5.74, 6) is -2.11. The monoisotopic (exact) mass is 292 g/mol. The van der Waals surface area contributed by atoms with Gasteiger partial charge >= 0.3 is 12.1 Å². The molecule has 0 saturated heterocycles. The van der Waals surface area contributed by atoms with Crippen LogP contribution >= 0.6 is 0 Å². The molecule has 1 rings (SSSR count). The first kappa shape index (κ1) is 16.5. The zero-order valence-corrected chi connectivity index (χ0v) is 11.5. The minimum atomic E-state index is -4.63. The average Bonchev–Trinajstić information content (AvgIpc) is 2.25. The summed E-state index contributed by atoms with van der Waals surface area (Å²) in [5.41, 5.74) is -1.87. The van der Waals surface area contributed by atoms with Crippen molar-refractivity contribution < 1.29 is 27.1 Å². The van der Waals surface area contributed by atoms with Crippen LogP contribution in [0.1, 0.15) is 43.1 Å². The molecule has 112 valence electrons. The highest BCUT2D eigenvalue weighted by Crippen LogP contribution is 2.30. The summed E-state index contributed by atoms with van der Waals surface area (Å²) in [7, 11) is 0. The van der Waals surface area contributed by atoms with Crippen molar-refractivity contribution in [3.8, 4) is 0 Å². The number of ether oxygens (including phenoxy) is 1. The van der Waals surface area contributed by atoms with Crippen LogP contribution in [0, 0.1) is 11.2 Å². The van der Waals surface area contributed by atoms with Crippen LogP contribution in [0.2, 0.25) is 0 Å². The third kappa shape index (κ3) is 4.83. The first-order valence-corrected chi connectivity index (χ1v) is 6.04. The number of esters is 1. The second kappa shape index (κ2) is 5.81. The minimum Gasteiger partial charge on any atom is -0.462 e. The Morgan fingerprint density at radius 3 is 2.30 bits per heavy atom. The van der Waals surface area contributed by atoms with Crippen LogP contribution in [0.3, 0.4) is 0 Å². The Balaban J connectivity index is 2.82. The highest BCUT2D eigenvalue weighted by atomic mass is 19.4. The quantitative estimate of drug-likeness (QED) is 0.608. The normalized spacial score (nSPS) is 12.3. The topological polar surface area (TPSA) is 26.3 Å². The van der Waals surface area contributed by atoms with E-state index in [4.69, 9.17) is 4.74 Å². The molecule has 0 atom stereocenters. The Bertz CT molecular complexity index is 487. The predicted molar refractivity (Wildman–Crippen MR) is 65.8 cm³/mol. The molecule has 6 heteroatoms. The standard InChI is InChI=1S/C14H16F4O2/c1-13(2,3)6-7-20-12(19)10-8-9(14(16,17)18)4-5-11(10)15/h4-5,8H,6-7H2,1-3H3. The van der Waals surface area contributed by atoms with E-state index in [1.54, 1.807) is 0 Å². The van der Waals surface area contributed by atoms with Crippen LogP contribution in [0.25, 0.3) is 0 Å². The van der Waals surface area contributed by atoms with Crippen molar-refractivity contribution in [3.63, 3.8) is 0 Å². The fourth-order valence-corrected chi connectivity index (χ4v) is 1.39. The molecular weight excluding hydrogens is 276 g/mol. The molecule has 0 fully saturated rings. The molecule has 0 saturated carbocycles. The van der Waals surface area contributed by atoms with E-state index in [2.05, 4.69) is 0 Å². The average molecular weight is 292 g/mol. The largest absolute Gasteiger partial charge is 0.462 e. The van der Waals surface area contributed by atoms with Crippen molar-refractivity contribution in [2.45, 2.75) is 33.4 Å². The number of carbonyl (C=O) groups is 1. The van der Waals surface area contributed by atoms with Crippen LogP contribution in [-0.4, -0.2) is 12.6 Å². The smallest absolute Gasteiger partial charge is 0.416 e. The maximum atomic E-state index is 13.4. The number of rotatable bonds is 3. The Morgan fingerprint density at radius 2 is 1.80 bits per heavy atom. The maximum absolute atomic E-state index is 13.4. The van der Waals surface area contributed by atoms with Gasteiger partial charge in [0.25, 0.3) is 0 Å². The van der Waals surface area contributed by atoms with E-state index < -0.39 is 29.1 Å². The first-order chi connectivity index (χ1) is 9.00. The SMILES string of the molecule is CC(C)(C)CCOC(=O)c1cc(C(F)(F)F)ccc1F. The second-order valence-corrected chi connectivity index (χ2v) is 5.64. The van der Waals surface area contributed by atoms with Gasteiger partial charge < -0.3 is 4.74 Å². The number of carbonyl (C=O) groups excluding carboxylic acids is 1. The Labute approximate surface area is 114 Å². The molecule has 0 unspecified atom stereocenters. The van der Waals surface area contributed by atoms with Gasteiger partial charge in [0, 0.05) is 0 Å². The maximum Gasteiger partial charge on any atom is 0.416 e. The summed E-state index contributed by atoms with van der Waals surface area (Å²) in [4.78, 5) is 11.6. The van der Waals surface area contributed by atoms with Crippen LogP contribution < -0.4 is 0 Å². The van der Waals surface area contributed by atoms with E-state index in [9.17, 15) is 22.4 Å². The van der Waals surface area contributed by atoms with E-state index in [0.717, 1.165) is 0 Å². The molecule has 0 aliphatic heterocycles. The van der Waals surface area contributed by atoms with Gasteiger partial charge in [-0.05, 0) is 30.0 Å². The van der Waals surface area contributed by atoms with Gasteiger partial charge in [0.15, 0.2) is 0 Å². The van der Waals surface area contributed by atoms with Gasteiger partial charge in [0.1, 0.15) is 5.82 Å². The van der Waals surface area contributed by atoms with Gasteiger partial charge in [-0.25, -0.2) is 9.18 Å². The van der Waals surface area contributed by atoms with Crippen LogP contribution in [-0.2, 0) is 10.9 Å². The van der Waals surface area contributed by atoms with E-state index in [-0.39, 0.29) is 12.0 Å². The van der Waals surface area contributed by atoms with Crippen LogP contribution in [0.5, 0.6) is 0 Å². The first-order valence-electron chi connectivity index (χ1n) is 6.04.